The van der Waals surface area contributed by atoms with E-state index in [2.05, 4.69) is 4.98 Å². The van der Waals surface area contributed by atoms with Crippen molar-refractivity contribution in [2.45, 2.75) is 51.2 Å². The number of pyridine rings is 1. The lowest BCUT2D eigenvalue weighted by Gasteiger charge is -2.52. The van der Waals surface area contributed by atoms with E-state index in [1.807, 2.05) is 38.1 Å². The smallest absolute Gasteiger partial charge is 0.475 e. The monoisotopic (exact) mass is 470 g/mol. The SMILES string of the molecule is Cc1cccc(COC2CCOC3(C2)CN(C(=O)c2ccc(C)o2)C3)n1.O=C(O)C(F)(F)F. The Balaban J connectivity index is 0.000000383. The molecule has 2 aromatic heterocycles. The maximum atomic E-state index is 12.4. The first-order valence-corrected chi connectivity index (χ1v) is 10.3. The molecule has 1 atom stereocenters. The van der Waals surface area contributed by atoms with Gasteiger partial charge in [-0.25, -0.2) is 4.79 Å². The van der Waals surface area contributed by atoms with Crippen molar-refractivity contribution in [3.05, 3.63) is 53.2 Å². The Morgan fingerprint density at radius 2 is 1.94 bits per heavy atom. The van der Waals surface area contributed by atoms with E-state index in [0.717, 1.165) is 30.0 Å². The van der Waals surface area contributed by atoms with Crippen LogP contribution in [0.5, 0.6) is 0 Å². The number of carboxylic acids is 1. The Kier molecular flexibility index (Phi) is 7.43. The summed E-state index contributed by atoms with van der Waals surface area (Å²) < 4.78 is 49.2. The highest BCUT2D eigenvalue weighted by Gasteiger charge is 2.50. The molecule has 1 N–H and O–H groups in total. The van der Waals surface area contributed by atoms with Crippen LogP contribution in [0.25, 0.3) is 0 Å². The van der Waals surface area contributed by atoms with Gasteiger partial charge >= 0.3 is 12.1 Å². The lowest BCUT2D eigenvalue weighted by molar-refractivity contribution is -0.192. The third-order valence-electron chi connectivity index (χ3n) is 5.30. The van der Waals surface area contributed by atoms with Gasteiger partial charge in [0.05, 0.1) is 31.5 Å². The zero-order valence-corrected chi connectivity index (χ0v) is 18.2. The van der Waals surface area contributed by atoms with E-state index in [1.165, 1.54) is 0 Å². The Hall–Kier alpha value is -2.92. The number of nitrogens with zero attached hydrogens (tertiary/aromatic N) is 2. The van der Waals surface area contributed by atoms with Gasteiger partial charge in [0.25, 0.3) is 5.91 Å². The van der Waals surface area contributed by atoms with Crippen LogP contribution in [0.3, 0.4) is 0 Å². The van der Waals surface area contributed by atoms with Gasteiger partial charge in [-0.15, -0.1) is 0 Å². The summed E-state index contributed by atoms with van der Waals surface area (Å²) in [6.07, 6.45) is -3.27. The predicted molar refractivity (Wildman–Crippen MR) is 109 cm³/mol. The molecule has 33 heavy (non-hydrogen) atoms. The molecule has 1 unspecified atom stereocenters. The van der Waals surface area contributed by atoms with Gasteiger partial charge in [0.2, 0.25) is 0 Å². The fraction of sp³-hybridized carbons (Fsp3) is 0.500. The maximum absolute atomic E-state index is 12.4. The van der Waals surface area contributed by atoms with Gasteiger partial charge in [-0.3, -0.25) is 9.78 Å². The van der Waals surface area contributed by atoms with Crippen LogP contribution in [0.15, 0.2) is 34.7 Å². The van der Waals surface area contributed by atoms with E-state index in [-0.39, 0.29) is 17.6 Å². The highest BCUT2D eigenvalue weighted by atomic mass is 19.4. The molecule has 8 nitrogen and oxygen atoms in total. The third-order valence-corrected chi connectivity index (χ3v) is 5.30. The third kappa shape index (κ3) is 6.55. The van der Waals surface area contributed by atoms with Gasteiger partial charge in [0, 0.05) is 18.7 Å². The molecule has 2 aliphatic heterocycles. The van der Waals surface area contributed by atoms with E-state index in [4.69, 9.17) is 23.8 Å². The predicted octanol–water partition coefficient (Wildman–Crippen LogP) is 3.52. The van der Waals surface area contributed by atoms with Gasteiger partial charge < -0.3 is 23.9 Å². The molecule has 2 aromatic rings. The number of carboxylic acid groups (broad SMARTS) is 1. The molecule has 0 aromatic carbocycles. The fourth-order valence-electron chi connectivity index (χ4n) is 3.73. The number of ether oxygens (including phenoxy) is 2. The number of aromatic nitrogens is 1. The molecular formula is C22H25F3N2O6. The van der Waals surface area contributed by atoms with Gasteiger partial charge in [-0.05, 0) is 44.5 Å². The van der Waals surface area contributed by atoms with Crippen LogP contribution in [0.4, 0.5) is 13.2 Å². The zero-order chi connectivity index (χ0) is 24.2. The summed E-state index contributed by atoms with van der Waals surface area (Å²) in [4.78, 5) is 27.6. The Labute approximate surface area is 188 Å². The number of aryl methyl sites for hydroxylation is 2. The Bertz CT molecular complexity index is 985. The summed E-state index contributed by atoms with van der Waals surface area (Å²) in [5.74, 6) is -1.69. The number of alkyl halides is 3. The maximum Gasteiger partial charge on any atom is 0.490 e. The molecule has 4 heterocycles. The normalized spacial score (nSPS) is 19.4. The van der Waals surface area contributed by atoms with Crippen LogP contribution < -0.4 is 0 Å². The number of likely N-dealkylation sites (tertiary alicyclic amines) is 1. The minimum absolute atomic E-state index is 0.0701. The van der Waals surface area contributed by atoms with Crippen LogP contribution in [0.2, 0.25) is 0 Å². The van der Waals surface area contributed by atoms with E-state index >= 15 is 0 Å². The molecule has 2 saturated heterocycles. The average molecular weight is 470 g/mol. The number of furan rings is 1. The van der Waals surface area contributed by atoms with Crippen LogP contribution in [0.1, 0.15) is 40.5 Å². The van der Waals surface area contributed by atoms with Crippen molar-refractivity contribution in [3.63, 3.8) is 0 Å². The van der Waals surface area contributed by atoms with Crippen molar-refractivity contribution in [2.75, 3.05) is 19.7 Å². The molecule has 0 radical (unpaired) electrons. The number of amides is 1. The van der Waals surface area contributed by atoms with Crippen molar-refractivity contribution >= 4 is 11.9 Å². The molecule has 2 aliphatic rings. The molecule has 11 heteroatoms. The summed E-state index contributed by atoms with van der Waals surface area (Å²) in [6, 6.07) is 9.50. The van der Waals surface area contributed by atoms with Crippen LogP contribution in [-0.4, -0.2) is 64.4 Å². The largest absolute Gasteiger partial charge is 0.490 e. The molecular weight excluding hydrogens is 445 g/mol. The van der Waals surface area contributed by atoms with Gasteiger partial charge in [0.1, 0.15) is 11.4 Å². The number of hydrogen-bond donors (Lipinski definition) is 1. The van der Waals surface area contributed by atoms with E-state index in [1.54, 1.807) is 11.0 Å². The number of rotatable bonds is 4. The number of carbonyl (C=O) groups excluding carboxylic acids is 1. The second-order valence-corrected chi connectivity index (χ2v) is 8.10. The lowest BCUT2D eigenvalue weighted by atomic mass is 9.84. The summed E-state index contributed by atoms with van der Waals surface area (Å²) in [6.45, 7) is 6.17. The Morgan fingerprint density at radius 1 is 1.24 bits per heavy atom. The number of aliphatic carboxylic acids is 1. The van der Waals surface area contributed by atoms with Gasteiger partial charge in [0.15, 0.2) is 5.76 Å². The van der Waals surface area contributed by atoms with Gasteiger partial charge in [-0.1, -0.05) is 6.07 Å². The molecule has 0 saturated carbocycles. The number of hydrogen-bond acceptors (Lipinski definition) is 6. The second-order valence-electron chi connectivity index (χ2n) is 8.10. The number of carbonyl (C=O) groups is 2. The van der Waals surface area contributed by atoms with Gasteiger partial charge in [-0.2, -0.15) is 13.2 Å². The lowest BCUT2D eigenvalue weighted by Crippen LogP contribution is -2.67. The summed E-state index contributed by atoms with van der Waals surface area (Å²) in [5, 5.41) is 7.12. The van der Waals surface area contributed by atoms with Crippen LogP contribution in [0, 0.1) is 13.8 Å². The quantitative estimate of drug-likeness (QED) is 0.730. The van der Waals surface area contributed by atoms with Crippen molar-refractivity contribution < 1.29 is 41.8 Å². The van der Waals surface area contributed by atoms with E-state index < -0.39 is 12.1 Å². The average Bonchev–Trinajstić information content (AvgIpc) is 3.16. The molecule has 4 rings (SSSR count). The van der Waals surface area contributed by atoms with Crippen LogP contribution >= 0.6 is 0 Å². The standard InChI is InChI=1S/C20H24N2O4.C2HF3O2/c1-14-4-3-5-16(21-14)11-24-17-8-9-25-20(10-17)12-22(13-20)19(23)18-7-6-15(2)26-18;3-2(4,5)1(6)7/h3-7,17H,8-13H2,1-2H3;(H,6,7). The minimum Gasteiger partial charge on any atom is -0.475 e. The fourth-order valence-corrected chi connectivity index (χ4v) is 3.73. The highest BCUT2D eigenvalue weighted by Crippen LogP contribution is 2.36. The summed E-state index contributed by atoms with van der Waals surface area (Å²) in [5.41, 5.74) is 1.67. The molecule has 1 amide bonds. The summed E-state index contributed by atoms with van der Waals surface area (Å²) >= 11 is 0. The molecule has 1 spiro atoms. The van der Waals surface area contributed by atoms with Crippen molar-refractivity contribution in [2.24, 2.45) is 0 Å². The Morgan fingerprint density at radius 3 is 2.52 bits per heavy atom. The van der Waals surface area contributed by atoms with E-state index in [0.29, 0.717) is 32.1 Å². The molecule has 0 bridgehead atoms. The number of halogens is 3. The van der Waals surface area contributed by atoms with Crippen molar-refractivity contribution in [1.29, 1.82) is 0 Å². The zero-order valence-electron chi connectivity index (χ0n) is 18.2. The van der Waals surface area contributed by atoms with Crippen molar-refractivity contribution in [3.8, 4) is 0 Å². The first-order valence-electron chi connectivity index (χ1n) is 10.3. The first-order chi connectivity index (χ1) is 15.5. The summed E-state index contributed by atoms with van der Waals surface area (Å²) in [7, 11) is 0. The topological polar surface area (TPSA) is 102 Å². The van der Waals surface area contributed by atoms with Crippen LogP contribution in [-0.2, 0) is 20.9 Å². The molecule has 2 fully saturated rings. The van der Waals surface area contributed by atoms with E-state index in [9.17, 15) is 18.0 Å². The second kappa shape index (κ2) is 9.92. The molecule has 180 valence electrons. The first kappa shape index (κ1) is 24.7. The highest BCUT2D eigenvalue weighted by molar-refractivity contribution is 5.92. The minimum atomic E-state index is -5.08. The molecule has 0 aliphatic carbocycles. The van der Waals surface area contributed by atoms with Crippen molar-refractivity contribution in [1.82, 2.24) is 9.88 Å².